The van der Waals surface area contributed by atoms with Crippen LogP contribution < -0.4 is 5.14 Å². The summed E-state index contributed by atoms with van der Waals surface area (Å²) < 4.78 is 57.0. The maximum atomic E-state index is 11.9. The van der Waals surface area contributed by atoms with Crippen molar-refractivity contribution in [1.82, 2.24) is 9.97 Å². The van der Waals surface area contributed by atoms with E-state index >= 15 is 0 Å². The third-order valence-corrected chi connectivity index (χ3v) is 2.08. The van der Waals surface area contributed by atoms with Gasteiger partial charge in [-0.15, -0.1) is 0 Å². The predicted octanol–water partition coefficient (Wildman–Crippen LogP) is 0.143. The number of nitrogens with two attached hydrogens (primary N) is 1. The summed E-state index contributed by atoms with van der Waals surface area (Å²) in [6, 6.07) is 0. The minimum Gasteiger partial charge on any atom is -0.232 e. The highest BCUT2D eigenvalue weighted by Gasteiger charge is 2.34. The fraction of sp³-hybridized carbons (Fsp3) is 0.200. The van der Waals surface area contributed by atoms with Gasteiger partial charge >= 0.3 is 6.18 Å². The van der Waals surface area contributed by atoms with Crippen LogP contribution in [0.1, 0.15) is 5.82 Å². The van der Waals surface area contributed by atoms with E-state index in [0.717, 1.165) is 0 Å². The number of nitrogens with zero attached hydrogens (tertiary/aromatic N) is 2. The molecule has 5 nitrogen and oxygen atoms in total. The van der Waals surface area contributed by atoms with Crippen molar-refractivity contribution in [3.8, 4) is 0 Å². The number of hydrogen-bond acceptors (Lipinski definition) is 4. The second-order valence-electron chi connectivity index (χ2n) is 2.29. The smallest absolute Gasteiger partial charge is 0.232 e. The molecule has 0 aliphatic carbocycles. The van der Waals surface area contributed by atoms with Gasteiger partial charge in [0.15, 0.2) is 0 Å². The molecule has 1 aromatic rings. The average molecular weight is 227 g/mol. The molecule has 78 valence electrons. The van der Waals surface area contributed by atoms with Crippen molar-refractivity contribution < 1.29 is 21.6 Å². The van der Waals surface area contributed by atoms with E-state index in [0.29, 0.717) is 12.4 Å². The third kappa shape index (κ3) is 2.39. The summed E-state index contributed by atoms with van der Waals surface area (Å²) in [5, 5.41) is 4.63. The Labute approximate surface area is 76.8 Å². The summed E-state index contributed by atoms with van der Waals surface area (Å²) >= 11 is 0. The summed E-state index contributed by atoms with van der Waals surface area (Å²) in [6.45, 7) is 0. The minimum absolute atomic E-state index is 0.505. The Bertz CT molecular complexity index is 425. The van der Waals surface area contributed by atoms with Gasteiger partial charge in [0.25, 0.3) is 0 Å². The molecule has 0 unspecified atom stereocenters. The quantitative estimate of drug-likeness (QED) is 0.739. The first kappa shape index (κ1) is 10.9. The number of primary sulfonamides is 1. The number of halogens is 3. The molecule has 0 amide bonds. The molecule has 0 saturated heterocycles. The van der Waals surface area contributed by atoms with Crippen molar-refractivity contribution in [2.24, 2.45) is 5.14 Å². The molecule has 14 heavy (non-hydrogen) atoms. The molecule has 2 N–H and O–H groups in total. The molecule has 1 rings (SSSR count). The normalized spacial score (nSPS) is 12.9. The van der Waals surface area contributed by atoms with Gasteiger partial charge in [0.1, 0.15) is 4.90 Å². The van der Waals surface area contributed by atoms with Gasteiger partial charge in [-0.05, 0) is 0 Å². The van der Waals surface area contributed by atoms with Gasteiger partial charge in [0.05, 0.1) is 12.4 Å². The summed E-state index contributed by atoms with van der Waals surface area (Å²) in [7, 11) is -4.06. The summed E-state index contributed by atoms with van der Waals surface area (Å²) in [5.74, 6) is -1.41. The van der Waals surface area contributed by atoms with Gasteiger partial charge in [0, 0.05) is 0 Å². The number of rotatable bonds is 1. The molecule has 0 atom stereocenters. The Balaban J connectivity index is 3.14. The van der Waals surface area contributed by atoms with Crippen molar-refractivity contribution in [1.29, 1.82) is 0 Å². The van der Waals surface area contributed by atoms with Gasteiger partial charge in [0.2, 0.25) is 15.8 Å². The van der Waals surface area contributed by atoms with Crippen molar-refractivity contribution in [3.05, 3.63) is 18.2 Å². The maximum absolute atomic E-state index is 11.9. The fourth-order valence-corrected chi connectivity index (χ4v) is 1.01. The fourth-order valence-electron chi connectivity index (χ4n) is 0.610. The van der Waals surface area contributed by atoms with Crippen molar-refractivity contribution in [2.45, 2.75) is 11.1 Å². The summed E-state index contributed by atoms with van der Waals surface area (Å²) in [6.07, 6.45) is -3.69. The molecule has 0 saturated carbocycles. The Morgan fingerprint density at radius 3 is 1.93 bits per heavy atom. The highest BCUT2D eigenvalue weighted by atomic mass is 32.2. The molecule has 0 fully saturated rings. The van der Waals surface area contributed by atoms with Gasteiger partial charge in [-0.1, -0.05) is 0 Å². The molecule has 0 bridgehead atoms. The zero-order valence-corrected chi connectivity index (χ0v) is 7.30. The monoisotopic (exact) mass is 227 g/mol. The van der Waals surface area contributed by atoms with E-state index in [1.165, 1.54) is 0 Å². The van der Waals surface area contributed by atoms with Gasteiger partial charge in [-0.25, -0.2) is 23.5 Å². The zero-order valence-electron chi connectivity index (χ0n) is 6.49. The predicted molar refractivity (Wildman–Crippen MR) is 38.4 cm³/mol. The van der Waals surface area contributed by atoms with Crippen LogP contribution in [0.15, 0.2) is 17.3 Å². The van der Waals surface area contributed by atoms with E-state index in [9.17, 15) is 21.6 Å². The lowest BCUT2D eigenvalue weighted by molar-refractivity contribution is -0.145. The van der Waals surface area contributed by atoms with Crippen LogP contribution in [0.25, 0.3) is 0 Å². The number of sulfonamides is 1. The van der Waals surface area contributed by atoms with E-state index in [1.54, 1.807) is 0 Å². The Morgan fingerprint density at radius 2 is 1.64 bits per heavy atom. The van der Waals surface area contributed by atoms with Crippen LogP contribution in [0.2, 0.25) is 0 Å². The SMILES string of the molecule is NS(=O)(=O)c1cnc(C(F)(F)F)nc1. The molecule has 1 heterocycles. The van der Waals surface area contributed by atoms with Crippen LogP contribution in [0.4, 0.5) is 13.2 Å². The third-order valence-electron chi connectivity index (χ3n) is 1.21. The standard InChI is InChI=1S/C5H4F3N3O2S/c6-5(7,8)4-10-1-3(2-11-4)14(9,12)13/h1-2H,(H2,9,12,13). The molecule has 0 aliphatic heterocycles. The molecule has 0 aliphatic rings. The second kappa shape index (κ2) is 3.17. The van der Waals surface area contributed by atoms with E-state index in [1.807, 2.05) is 0 Å². The minimum atomic E-state index is -4.70. The second-order valence-corrected chi connectivity index (χ2v) is 3.85. The van der Waals surface area contributed by atoms with Gasteiger partial charge < -0.3 is 0 Å². The molecular weight excluding hydrogens is 223 g/mol. The van der Waals surface area contributed by atoms with Crippen LogP contribution in [0, 0.1) is 0 Å². The molecule has 0 aromatic carbocycles. The lowest BCUT2D eigenvalue weighted by atomic mass is 10.5. The molecule has 9 heteroatoms. The summed E-state index contributed by atoms with van der Waals surface area (Å²) in [4.78, 5) is 5.08. The maximum Gasteiger partial charge on any atom is 0.451 e. The number of hydrogen-bond donors (Lipinski definition) is 1. The molecule has 1 aromatic heterocycles. The number of aromatic nitrogens is 2. The lowest BCUT2D eigenvalue weighted by Gasteiger charge is -2.03. The van der Waals surface area contributed by atoms with Crippen LogP contribution >= 0.6 is 0 Å². The van der Waals surface area contributed by atoms with E-state index < -0.39 is 26.9 Å². The molecular formula is C5H4F3N3O2S. The topological polar surface area (TPSA) is 85.9 Å². The largest absolute Gasteiger partial charge is 0.451 e. The van der Waals surface area contributed by atoms with Crippen LogP contribution in [-0.4, -0.2) is 18.4 Å². The van der Waals surface area contributed by atoms with Crippen molar-refractivity contribution in [2.75, 3.05) is 0 Å². The van der Waals surface area contributed by atoms with Crippen LogP contribution in [0.5, 0.6) is 0 Å². The van der Waals surface area contributed by atoms with Crippen LogP contribution in [0.3, 0.4) is 0 Å². The Morgan fingerprint density at radius 1 is 1.21 bits per heavy atom. The molecule has 0 spiro atoms. The first-order valence-electron chi connectivity index (χ1n) is 3.13. The van der Waals surface area contributed by atoms with Crippen LogP contribution in [-0.2, 0) is 16.2 Å². The van der Waals surface area contributed by atoms with E-state index in [-0.39, 0.29) is 0 Å². The highest BCUT2D eigenvalue weighted by molar-refractivity contribution is 7.89. The van der Waals surface area contributed by atoms with Crippen molar-refractivity contribution >= 4 is 10.0 Å². The number of alkyl halides is 3. The van der Waals surface area contributed by atoms with E-state index in [2.05, 4.69) is 15.1 Å². The first-order valence-corrected chi connectivity index (χ1v) is 4.68. The average Bonchev–Trinajstić information content (AvgIpc) is 2.01. The molecule has 0 radical (unpaired) electrons. The van der Waals surface area contributed by atoms with Gasteiger partial charge in [-0.2, -0.15) is 13.2 Å². The first-order chi connectivity index (χ1) is 6.21. The van der Waals surface area contributed by atoms with E-state index in [4.69, 9.17) is 0 Å². The summed E-state index contributed by atoms with van der Waals surface area (Å²) in [5.41, 5.74) is 0. The van der Waals surface area contributed by atoms with Crippen molar-refractivity contribution in [3.63, 3.8) is 0 Å². The highest BCUT2D eigenvalue weighted by Crippen LogP contribution is 2.25. The van der Waals surface area contributed by atoms with Gasteiger partial charge in [-0.3, -0.25) is 0 Å². The Kier molecular flexibility index (Phi) is 2.46. The lowest BCUT2D eigenvalue weighted by Crippen LogP contribution is -2.16. The Hall–Kier alpha value is -1.22. The zero-order chi connectivity index (χ0) is 11.0.